The summed E-state index contributed by atoms with van der Waals surface area (Å²) in [4.78, 5) is 14.3. The third kappa shape index (κ3) is 3.93. The lowest BCUT2D eigenvalue weighted by molar-refractivity contribution is 0.0787. The fourth-order valence-corrected chi connectivity index (χ4v) is 4.21. The Morgan fingerprint density at radius 1 is 1.33 bits per heavy atom. The first-order valence-electron chi connectivity index (χ1n) is 7.72. The van der Waals surface area contributed by atoms with Crippen molar-refractivity contribution in [1.29, 1.82) is 0 Å². The molecule has 1 atom stereocenters. The molecule has 7 nitrogen and oxygen atoms in total. The van der Waals surface area contributed by atoms with Gasteiger partial charge in [0.05, 0.1) is 24.0 Å². The SMILES string of the molecule is NS(=O)(=O)CC1CCN(C(=O)c2cc(Cl)c3c(c2)OCCCO3)C1. The number of primary sulfonamides is 1. The second-order valence-electron chi connectivity index (χ2n) is 6.07. The number of nitrogens with zero attached hydrogens (tertiary/aromatic N) is 1. The van der Waals surface area contributed by atoms with Crippen molar-refractivity contribution in [2.45, 2.75) is 12.8 Å². The molecule has 0 spiro atoms. The molecule has 1 amide bonds. The summed E-state index contributed by atoms with van der Waals surface area (Å²) < 4.78 is 33.5. The molecule has 0 saturated carbocycles. The summed E-state index contributed by atoms with van der Waals surface area (Å²) in [5, 5.41) is 5.41. The Bertz CT molecular complexity index is 752. The highest BCUT2D eigenvalue weighted by Gasteiger charge is 2.30. The molecule has 0 bridgehead atoms. The summed E-state index contributed by atoms with van der Waals surface area (Å²) in [7, 11) is -3.54. The van der Waals surface area contributed by atoms with Gasteiger partial charge in [-0.05, 0) is 24.5 Å². The molecule has 0 radical (unpaired) electrons. The largest absolute Gasteiger partial charge is 0.489 e. The van der Waals surface area contributed by atoms with E-state index in [2.05, 4.69) is 0 Å². The quantitative estimate of drug-likeness (QED) is 0.858. The van der Waals surface area contributed by atoms with Crippen molar-refractivity contribution in [3.63, 3.8) is 0 Å². The van der Waals surface area contributed by atoms with Crippen LogP contribution in [0.25, 0.3) is 0 Å². The normalized spacial score (nSPS) is 20.8. The Balaban J connectivity index is 1.76. The number of carbonyl (C=O) groups is 1. The van der Waals surface area contributed by atoms with Gasteiger partial charge in [0.2, 0.25) is 10.0 Å². The number of ether oxygens (including phenoxy) is 2. The number of nitrogens with two attached hydrogens (primary N) is 1. The summed E-state index contributed by atoms with van der Waals surface area (Å²) in [5.41, 5.74) is 0.403. The fraction of sp³-hybridized carbons (Fsp3) is 0.533. The third-order valence-corrected chi connectivity index (χ3v) is 5.31. The Hall–Kier alpha value is -1.51. The van der Waals surface area contributed by atoms with Crippen molar-refractivity contribution in [3.05, 3.63) is 22.7 Å². The average Bonchev–Trinajstić information content (AvgIpc) is 2.80. The topological polar surface area (TPSA) is 98.9 Å². The number of amides is 1. The zero-order valence-corrected chi connectivity index (χ0v) is 14.6. The molecule has 1 saturated heterocycles. The van der Waals surface area contributed by atoms with Gasteiger partial charge in [0.15, 0.2) is 11.5 Å². The van der Waals surface area contributed by atoms with Gasteiger partial charge in [0, 0.05) is 25.1 Å². The first kappa shape index (κ1) is 17.3. The van der Waals surface area contributed by atoms with Crippen LogP contribution in [0.3, 0.4) is 0 Å². The van der Waals surface area contributed by atoms with Crippen LogP contribution in [0, 0.1) is 5.92 Å². The summed E-state index contributed by atoms with van der Waals surface area (Å²) in [6, 6.07) is 3.19. The number of halogens is 1. The summed E-state index contributed by atoms with van der Waals surface area (Å²) in [5.74, 6) is 0.464. The minimum atomic E-state index is -3.54. The molecular weight excluding hydrogens is 356 g/mol. The van der Waals surface area contributed by atoms with Crippen LogP contribution in [0.1, 0.15) is 23.2 Å². The Morgan fingerprint density at radius 3 is 2.83 bits per heavy atom. The molecule has 2 N–H and O–H groups in total. The van der Waals surface area contributed by atoms with E-state index in [0.717, 1.165) is 6.42 Å². The maximum absolute atomic E-state index is 12.7. The van der Waals surface area contributed by atoms with Crippen LogP contribution < -0.4 is 14.6 Å². The number of carbonyl (C=O) groups excluding carboxylic acids is 1. The van der Waals surface area contributed by atoms with Crippen molar-refractivity contribution in [2.24, 2.45) is 11.1 Å². The van der Waals surface area contributed by atoms with Gasteiger partial charge in [-0.1, -0.05) is 11.6 Å². The van der Waals surface area contributed by atoms with Gasteiger partial charge in [-0.25, -0.2) is 13.6 Å². The highest BCUT2D eigenvalue weighted by atomic mass is 35.5. The van der Waals surface area contributed by atoms with E-state index in [0.29, 0.717) is 54.8 Å². The van der Waals surface area contributed by atoms with Gasteiger partial charge in [-0.3, -0.25) is 4.79 Å². The number of hydrogen-bond donors (Lipinski definition) is 1. The van der Waals surface area contributed by atoms with E-state index in [4.69, 9.17) is 26.2 Å². The molecule has 9 heteroatoms. The smallest absolute Gasteiger partial charge is 0.254 e. The number of sulfonamides is 1. The molecule has 1 aromatic carbocycles. The van der Waals surface area contributed by atoms with Gasteiger partial charge >= 0.3 is 0 Å². The zero-order chi connectivity index (χ0) is 17.3. The highest BCUT2D eigenvalue weighted by molar-refractivity contribution is 7.89. The predicted octanol–water partition coefficient (Wildman–Crippen LogP) is 1.25. The molecular formula is C15H19ClN2O5S. The highest BCUT2D eigenvalue weighted by Crippen LogP contribution is 2.38. The van der Waals surface area contributed by atoms with E-state index >= 15 is 0 Å². The third-order valence-electron chi connectivity index (χ3n) is 4.09. The first-order chi connectivity index (χ1) is 11.3. The van der Waals surface area contributed by atoms with Crippen molar-refractivity contribution < 1.29 is 22.7 Å². The number of likely N-dealkylation sites (tertiary alicyclic amines) is 1. The molecule has 24 heavy (non-hydrogen) atoms. The molecule has 2 aliphatic rings. The standard InChI is InChI=1S/C15H19ClN2O5S/c16-12-6-11(7-13-14(12)23-5-1-4-22-13)15(19)18-3-2-10(8-18)9-24(17,20)21/h6-7,10H,1-5,8-9H2,(H2,17,20,21). The van der Waals surface area contributed by atoms with Crippen molar-refractivity contribution >= 4 is 27.5 Å². The predicted molar refractivity (Wildman–Crippen MR) is 89.0 cm³/mol. The van der Waals surface area contributed by atoms with E-state index in [1.807, 2.05) is 0 Å². The maximum Gasteiger partial charge on any atom is 0.254 e. The molecule has 0 aromatic heterocycles. The number of fused-ring (bicyclic) bond motifs is 1. The summed E-state index contributed by atoms with van der Waals surface area (Å²) >= 11 is 6.21. The van der Waals surface area contributed by atoms with Crippen LogP contribution in [0.2, 0.25) is 5.02 Å². The second kappa shape index (κ2) is 6.78. The molecule has 2 heterocycles. The van der Waals surface area contributed by atoms with Crippen LogP contribution in [0.5, 0.6) is 11.5 Å². The molecule has 2 aliphatic heterocycles. The maximum atomic E-state index is 12.7. The molecule has 1 aromatic rings. The molecule has 132 valence electrons. The van der Waals surface area contributed by atoms with Crippen molar-refractivity contribution in [1.82, 2.24) is 4.90 Å². The van der Waals surface area contributed by atoms with Crippen LogP contribution in [0.4, 0.5) is 0 Å². The van der Waals surface area contributed by atoms with Gasteiger partial charge in [0.1, 0.15) is 0 Å². The number of rotatable bonds is 3. The zero-order valence-electron chi connectivity index (χ0n) is 13.0. The monoisotopic (exact) mass is 374 g/mol. The average molecular weight is 375 g/mol. The van der Waals surface area contributed by atoms with Crippen molar-refractivity contribution in [3.8, 4) is 11.5 Å². The summed E-state index contributed by atoms with van der Waals surface area (Å²) in [6.07, 6.45) is 1.36. The molecule has 1 fully saturated rings. The number of benzene rings is 1. The van der Waals surface area contributed by atoms with Gasteiger partial charge in [-0.2, -0.15) is 0 Å². The van der Waals surface area contributed by atoms with Crippen LogP contribution in [-0.2, 0) is 10.0 Å². The van der Waals surface area contributed by atoms with E-state index < -0.39 is 10.0 Å². The van der Waals surface area contributed by atoms with E-state index in [1.165, 1.54) is 0 Å². The first-order valence-corrected chi connectivity index (χ1v) is 9.82. The van der Waals surface area contributed by atoms with E-state index in [9.17, 15) is 13.2 Å². The Morgan fingerprint density at radius 2 is 2.08 bits per heavy atom. The molecule has 1 unspecified atom stereocenters. The second-order valence-corrected chi connectivity index (χ2v) is 8.14. The minimum Gasteiger partial charge on any atom is -0.489 e. The lowest BCUT2D eigenvalue weighted by Gasteiger charge is -2.18. The minimum absolute atomic E-state index is 0.112. The van der Waals surface area contributed by atoms with E-state index in [-0.39, 0.29) is 17.6 Å². The van der Waals surface area contributed by atoms with Gasteiger partial charge in [0.25, 0.3) is 5.91 Å². The molecule has 0 aliphatic carbocycles. The van der Waals surface area contributed by atoms with Crippen LogP contribution in [-0.4, -0.2) is 51.3 Å². The van der Waals surface area contributed by atoms with Crippen molar-refractivity contribution in [2.75, 3.05) is 32.1 Å². The van der Waals surface area contributed by atoms with Gasteiger partial charge in [-0.15, -0.1) is 0 Å². The Kier molecular flexibility index (Phi) is 4.89. The van der Waals surface area contributed by atoms with Crippen LogP contribution in [0.15, 0.2) is 12.1 Å². The van der Waals surface area contributed by atoms with Gasteiger partial charge < -0.3 is 14.4 Å². The lowest BCUT2D eigenvalue weighted by Crippen LogP contribution is -2.30. The van der Waals surface area contributed by atoms with E-state index in [1.54, 1.807) is 17.0 Å². The summed E-state index contributed by atoms with van der Waals surface area (Å²) in [6.45, 7) is 1.87. The fourth-order valence-electron chi connectivity index (χ4n) is 3.02. The lowest BCUT2D eigenvalue weighted by atomic mass is 10.1. The van der Waals surface area contributed by atoms with Crippen LogP contribution >= 0.6 is 11.6 Å². The molecule has 3 rings (SSSR count). The number of hydrogen-bond acceptors (Lipinski definition) is 5. The Labute approximate surface area is 145 Å².